The first-order valence-corrected chi connectivity index (χ1v) is 8.03. The van der Waals surface area contributed by atoms with Gasteiger partial charge >= 0.3 is 5.97 Å². The minimum Gasteiger partial charge on any atom is -0.482 e. The minimum absolute atomic E-state index is 0.0592. The highest BCUT2D eigenvalue weighted by Gasteiger charge is 2.21. The van der Waals surface area contributed by atoms with Crippen LogP contribution in [0.5, 0.6) is 17.2 Å². The molecule has 2 aromatic rings. The summed E-state index contributed by atoms with van der Waals surface area (Å²) in [6.45, 7) is 1.19. The van der Waals surface area contributed by atoms with Gasteiger partial charge in [-0.3, -0.25) is 9.59 Å². The third-order valence-corrected chi connectivity index (χ3v) is 3.82. The number of rotatable bonds is 6. The lowest BCUT2D eigenvalue weighted by Gasteiger charge is -2.11. The average molecular weight is 371 g/mol. The van der Waals surface area contributed by atoms with Crippen molar-refractivity contribution in [2.24, 2.45) is 0 Å². The number of fused-ring (bicyclic) bond motifs is 1. The largest absolute Gasteiger partial charge is 0.482 e. The Kier molecular flexibility index (Phi) is 5.25. The van der Waals surface area contributed by atoms with Gasteiger partial charge in [0.1, 0.15) is 5.75 Å². The molecule has 0 aliphatic carbocycles. The zero-order chi connectivity index (χ0) is 19.4. The average Bonchev–Trinajstić information content (AvgIpc) is 3.12. The standard InChI is InChI=1S/C19H17NO7/c1-11(21)14-7-16-17(27-10-26-16)8-15(14)20-19(23)12-4-3-5-13(6-12)25-9-18(22)24-2/h3-8H,9-10H2,1-2H3,(H,20,23). The van der Waals surface area contributed by atoms with E-state index in [0.29, 0.717) is 34.1 Å². The van der Waals surface area contributed by atoms with Crippen molar-refractivity contribution in [3.05, 3.63) is 47.5 Å². The number of benzene rings is 2. The van der Waals surface area contributed by atoms with Crippen LogP contribution in [0.4, 0.5) is 5.69 Å². The predicted octanol–water partition coefficient (Wildman–Crippen LogP) is 2.42. The lowest BCUT2D eigenvalue weighted by Crippen LogP contribution is -2.15. The summed E-state index contributed by atoms with van der Waals surface area (Å²) < 4.78 is 20.3. The van der Waals surface area contributed by atoms with Gasteiger partial charge in [0.25, 0.3) is 5.91 Å². The topological polar surface area (TPSA) is 100 Å². The van der Waals surface area contributed by atoms with Crippen molar-refractivity contribution in [2.45, 2.75) is 6.92 Å². The molecule has 3 rings (SSSR count). The molecule has 0 unspecified atom stereocenters. The Bertz CT molecular complexity index is 907. The van der Waals surface area contributed by atoms with Crippen LogP contribution in [-0.4, -0.2) is 38.2 Å². The monoisotopic (exact) mass is 371 g/mol. The molecule has 140 valence electrons. The smallest absolute Gasteiger partial charge is 0.343 e. The molecule has 0 fully saturated rings. The number of Topliss-reactive ketones (excluding diaryl/α,β-unsaturated/α-hetero) is 1. The molecule has 8 nitrogen and oxygen atoms in total. The fourth-order valence-corrected chi connectivity index (χ4v) is 2.46. The Balaban J connectivity index is 1.79. The van der Waals surface area contributed by atoms with Crippen LogP contribution in [0.3, 0.4) is 0 Å². The first kappa shape index (κ1) is 18.2. The van der Waals surface area contributed by atoms with Gasteiger partial charge in [0.2, 0.25) is 6.79 Å². The Hall–Kier alpha value is -3.55. The number of anilines is 1. The number of hydrogen-bond donors (Lipinski definition) is 1. The number of hydrogen-bond acceptors (Lipinski definition) is 7. The molecule has 1 aliphatic heterocycles. The molecule has 8 heteroatoms. The normalized spacial score (nSPS) is 11.6. The van der Waals surface area contributed by atoms with Crippen LogP contribution >= 0.6 is 0 Å². The molecule has 1 heterocycles. The Morgan fingerprint density at radius 2 is 1.85 bits per heavy atom. The van der Waals surface area contributed by atoms with Crippen LogP contribution in [0, 0.1) is 0 Å². The van der Waals surface area contributed by atoms with E-state index in [-0.39, 0.29) is 19.2 Å². The van der Waals surface area contributed by atoms with E-state index >= 15 is 0 Å². The highest BCUT2D eigenvalue weighted by atomic mass is 16.7. The molecule has 27 heavy (non-hydrogen) atoms. The zero-order valence-corrected chi connectivity index (χ0v) is 14.7. The summed E-state index contributed by atoms with van der Waals surface area (Å²) in [4.78, 5) is 35.7. The highest BCUT2D eigenvalue weighted by molar-refractivity contribution is 6.09. The van der Waals surface area contributed by atoms with Gasteiger partial charge in [-0.2, -0.15) is 0 Å². The summed E-state index contributed by atoms with van der Waals surface area (Å²) in [6.07, 6.45) is 0. The third-order valence-electron chi connectivity index (χ3n) is 3.82. The SMILES string of the molecule is COC(=O)COc1cccc(C(=O)Nc2cc3c(cc2C(C)=O)OCO3)c1. The fourth-order valence-electron chi connectivity index (χ4n) is 2.46. The van der Waals surface area contributed by atoms with Gasteiger partial charge in [-0.25, -0.2) is 4.79 Å². The van der Waals surface area contributed by atoms with Crippen LogP contribution in [-0.2, 0) is 9.53 Å². The van der Waals surface area contributed by atoms with E-state index in [1.54, 1.807) is 24.3 Å². The van der Waals surface area contributed by atoms with E-state index in [0.717, 1.165) is 0 Å². The van der Waals surface area contributed by atoms with Gasteiger partial charge in [-0.15, -0.1) is 0 Å². The molecular weight excluding hydrogens is 354 g/mol. The number of ketones is 1. The summed E-state index contributed by atoms with van der Waals surface area (Å²) in [6, 6.07) is 9.39. The number of amides is 1. The maximum atomic E-state index is 12.6. The molecule has 0 saturated heterocycles. The second-order valence-electron chi connectivity index (χ2n) is 5.65. The Labute approximate surface area is 155 Å². The first-order chi connectivity index (χ1) is 13.0. The molecule has 0 bridgehead atoms. The van der Waals surface area contributed by atoms with Crippen LogP contribution in [0.25, 0.3) is 0 Å². The Morgan fingerprint density at radius 1 is 1.11 bits per heavy atom. The molecule has 1 aliphatic rings. The van der Waals surface area contributed by atoms with Crippen molar-refractivity contribution in [3.63, 3.8) is 0 Å². The van der Waals surface area contributed by atoms with Crippen LogP contribution < -0.4 is 19.5 Å². The summed E-state index contributed by atoms with van der Waals surface area (Å²) >= 11 is 0. The third kappa shape index (κ3) is 4.17. The maximum Gasteiger partial charge on any atom is 0.343 e. The van der Waals surface area contributed by atoms with Crippen LogP contribution in [0.2, 0.25) is 0 Å². The molecule has 0 atom stereocenters. The molecular formula is C19H17NO7. The molecule has 1 amide bonds. The van der Waals surface area contributed by atoms with Crippen molar-refractivity contribution < 1.29 is 33.3 Å². The van der Waals surface area contributed by atoms with Crippen LogP contribution in [0.15, 0.2) is 36.4 Å². The van der Waals surface area contributed by atoms with E-state index in [1.165, 1.54) is 26.2 Å². The number of carbonyl (C=O) groups is 3. The zero-order valence-electron chi connectivity index (χ0n) is 14.7. The van der Waals surface area contributed by atoms with E-state index in [4.69, 9.17) is 14.2 Å². The second-order valence-corrected chi connectivity index (χ2v) is 5.65. The number of carbonyl (C=O) groups excluding carboxylic acids is 3. The van der Waals surface area contributed by atoms with E-state index < -0.39 is 11.9 Å². The number of ether oxygens (including phenoxy) is 4. The van der Waals surface area contributed by atoms with Gasteiger partial charge in [0.05, 0.1) is 12.8 Å². The van der Waals surface area contributed by atoms with Gasteiger partial charge in [0.15, 0.2) is 23.9 Å². The van der Waals surface area contributed by atoms with Gasteiger partial charge in [-0.1, -0.05) is 6.07 Å². The minimum atomic E-state index is -0.531. The number of nitrogens with one attached hydrogen (secondary N) is 1. The van der Waals surface area contributed by atoms with Gasteiger partial charge in [0, 0.05) is 17.2 Å². The summed E-state index contributed by atoms with van der Waals surface area (Å²) in [5.41, 5.74) is 0.924. The van der Waals surface area contributed by atoms with Gasteiger partial charge < -0.3 is 24.3 Å². The second kappa shape index (κ2) is 7.77. The molecule has 0 aromatic heterocycles. The van der Waals surface area contributed by atoms with E-state index in [1.807, 2.05) is 0 Å². The Morgan fingerprint density at radius 3 is 2.56 bits per heavy atom. The lowest BCUT2D eigenvalue weighted by molar-refractivity contribution is -0.142. The number of esters is 1. The van der Waals surface area contributed by atoms with Crippen molar-refractivity contribution in [3.8, 4) is 17.2 Å². The van der Waals surface area contributed by atoms with E-state index in [2.05, 4.69) is 10.1 Å². The predicted molar refractivity (Wildman–Crippen MR) is 94.5 cm³/mol. The quantitative estimate of drug-likeness (QED) is 0.615. The van der Waals surface area contributed by atoms with Crippen molar-refractivity contribution in [1.29, 1.82) is 0 Å². The van der Waals surface area contributed by atoms with Crippen molar-refractivity contribution in [2.75, 3.05) is 25.8 Å². The highest BCUT2D eigenvalue weighted by Crippen LogP contribution is 2.37. The molecule has 0 spiro atoms. The first-order valence-electron chi connectivity index (χ1n) is 8.03. The lowest BCUT2D eigenvalue weighted by atomic mass is 10.1. The number of methoxy groups -OCH3 is 1. The maximum absolute atomic E-state index is 12.6. The van der Waals surface area contributed by atoms with Crippen molar-refractivity contribution in [1.82, 2.24) is 0 Å². The summed E-state index contributed by atoms with van der Waals surface area (Å²) in [5.74, 6) is 0.0438. The molecule has 1 N–H and O–H groups in total. The molecule has 0 saturated carbocycles. The van der Waals surface area contributed by atoms with Gasteiger partial charge in [-0.05, 0) is 31.2 Å². The van der Waals surface area contributed by atoms with E-state index in [9.17, 15) is 14.4 Å². The molecule has 2 aromatic carbocycles. The summed E-state index contributed by atoms with van der Waals surface area (Å²) in [7, 11) is 1.26. The summed E-state index contributed by atoms with van der Waals surface area (Å²) in [5, 5.41) is 2.70. The van der Waals surface area contributed by atoms with Crippen LogP contribution in [0.1, 0.15) is 27.6 Å². The molecule has 0 radical (unpaired) electrons. The van der Waals surface area contributed by atoms with Crippen molar-refractivity contribution >= 4 is 23.3 Å². The fraction of sp³-hybridized carbons (Fsp3) is 0.211.